The van der Waals surface area contributed by atoms with E-state index < -0.39 is 25.8 Å². The van der Waals surface area contributed by atoms with E-state index in [1.54, 1.807) is 6.20 Å². The molecular weight excluding hydrogens is 932 g/mol. The maximum Gasteiger partial charge on any atom is 0.472 e. The van der Waals surface area contributed by atoms with Gasteiger partial charge in [0.2, 0.25) is 17.7 Å². The maximum atomic E-state index is 13.3. The molecule has 3 amide bonds. The molecule has 0 aliphatic rings. The van der Waals surface area contributed by atoms with Crippen molar-refractivity contribution in [1.82, 2.24) is 20.9 Å². The van der Waals surface area contributed by atoms with E-state index in [4.69, 9.17) is 18.5 Å². The summed E-state index contributed by atoms with van der Waals surface area (Å²) in [5, 5.41) is 9.48. The molecule has 0 aliphatic heterocycles. The fourth-order valence-corrected chi connectivity index (χ4v) is 9.69. The van der Waals surface area contributed by atoms with Crippen molar-refractivity contribution < 1.29 is 47.2 Å². The van der Waals surface area contributed by atoms with E-state index >= 15 is 0 Å². The van der Waals surface area contributed by atoms with E-state index in [-0.39, 0.29) is 69.2 Å². The topological polar surface area (TPSA) is 194 Å². The molecule has 2 rings (SSSR count). The number of phosphoric ester groups is 1. The SMILES string of the molecule is CCCCCCCCCCCCCC(=O)N[C@H](COCC[C@@H](CCCCCCC)OC(=O)CCCCCCCCCCC)COP(=O)(O)OCCNC(=O)[C@@H](NC(=O)Cc1c[nH]c2ccccc12)[C@@H](C)CC. The highest BCUT2D eigenvalue weighted by atomic mass is 31.2. The van der Waals surface area contributed by atoms with E-state index in [0.29, 0.717) is 25.7 Å². The van der Waals surface area contributed by atoms with Crippen LogP contribution < -0.4 is 16.0 Å². The number of ether oxygens (including phenoxy) is 2. The van der Waals surface area contributed by atoms with Crippen molar-refractivity contribution in [2.75, 3.05) is 33.0 Å². The van der Waals surface area contributed by atoms with E-state index in [0.717, 1.165) is 93.5 Å². The number of nitrogens with one attached hydrogen (secondary N) is 4. The van der Waals surface area contributed by atoms with E-state index in [1.807, 2.05) is 38.1 Å². The lowest BCUT2D eigenvalue weighted by atomic mass is 9.98. The Bertz CT molecular complexity index is 1760. The van der Waals surface area contributed by atoms with Crippen LogP contribution >= 0.6 is 7.82 Å². The molecule has 5 N–H and O–H groups in total. The lowest BCUT2D eigenvalue weighted by Gasteiger charge is -2.24. The molecule has 0 aliphatic carbocycles. The molecule has 0 saturated heterocycles. The number of benzene rings is 1. The van der Waals surface area contributed by atoms with E-state index in [1.165, 1.54) is 89.9 Å². The van der Waals surface area contributed by atoms with Gasteiger partial charge >= 0.3 is 13.8 Å². The number of aromatic nitrogens is 1. The minimum atomic E-state index is -4.62. The number of hydrogen-bond donors (Lipinski definition) is 5. The van der Waals surface area contributed by atoms with Gasteiger partial charge in [-0.1, -0.05) is 200 Å². The summed E-state index contributed by atoms with van der Waals surface area (Å²) in [4.78, 5) is 66.4. The van der Waals surface area contributed by atoms with Gasteiger partial charge in [0.15, 0.2) is 0 Å². The third-order valence-corrected chi connectivity index (χ3v) is 14.6. The quantitative estimate of drug-likeness (QED) is 0.0242. The zero-order chi connectivity index (χ0) is 52.5. The first kappa shape index (κ1) is 64.8. The highest BCUT2D eigenvalue weighted by Crippen LogP contribution is 2.43. The number of phosphoric acid groups is 1. The number of carbonyl (C=O) groups is 4. The van der Waals surface area contributed by atoms with Crippen molar-refractivity contribution in [1.29, 1.82) is 0 Å². The highest BCUT2D eigenvalue weighted by Gasteiger charge is 2.28. The normalized spacial score (nSPS) is 14.1. The standard InChI is InChI=1S/C57H101N4O10P/c1-6-10-13-16-18-20-21-23-24-27-30-37-53(62)60-49(45-68-41-39-50(34-29-26-15-12-8-3)71-55(64)38-31-28-25-22-19-17-14-11-7-2)46-70-72(66,67)69-42-40-58-57(65)56(47(5)9-4)61-54(63)43-48-44-59-52-36-33-32-35-51(48)52/h32-33,35-36,44,47,49-50,56,59H,6-31,34,37-43,45-46H2,1-5H3,(H,58,65)(H,60,62)(H,61,63)(H,66,67)/t47-,49+,50+,56-/m0/s1. The van der Waals surface area contributed by atoms with Crippen LogP contribution in [-0.4, -0.2) is 84.7 Å². The van der Waals surface area contributed by atoms with Crippen LogP contribution in [0.15, 0.2) is 30.5 Å². The Morgan fingerprint density at radius 3 is 1.79 bits per heavy atom. The van der Waals surface area contributed by atoms with Gasteiger partial charge in [0.05, 0.1) is 38.9 Å². The van der Waals surface area contributed by atoms with Crippen LogP contribution in [0.5, 0.6) is 0 Å². The summed E-state index contributed by atoms with van der Waals surface area (Å²) in [6.45, 7) is 9.95. The van der Waals surface area contributed by atoms with Crippen molar-refractivity contribution >= 4 is 42.4 Å². The van der Waals surface area contributed by atoms with Crippen LogP contribution in [0.2, 0.25) is 0 Å². The molecule has 0 bridgehead atoms. The fraction of sp³-hybridized carbons (Fsp3) is 0.789. The van der Waals surface area contributed by atoms with Gasteiger partial charge in [-0.2, -0.15) is 0 Å². The van der Waals surface area contributed by atoms with Crippen molar-refractivity contribution in [3.63, 3.8) is 0 Å². The van der Waals surface area contributed by atoms with E-state index in [2.05, 4.69) is 41.7 Å². The summed E-state index contributed by atoms with van der Waals surface area (Å²) in [5.74, 6) is -1.27. The number of aromatic amines is 1. The van der Waals surface area contributed by atoms with Crippen LogP contribution in [0.1, 0.15) is 233 Å². The molecule has 14 nitrogen and oxygen atoms in total. The lowest BCUT2D eigenvalue weighted by Crippen LogP contribution is -2.51. The number of rotatable bonds is 48. The Kier molecular flexibility index (Phi) is 37.8. The molecule has 5 atom stereocenters. The van der Waals surface area contributed by atoms with Gasteiger partial charge in [0, 0.05) is 42.9 Å². The molecule has 0 fully saturated rings. The molecule has 1 aromatic heterocycles. The second-order valence-corrected chi connectivity index (χ2v) is 21.6. The summed E-state index contributed by atoms with van der Waals surface area (Å²) < 4.78 is 35.8. The number of hydrogen-bond acceptors (Lipinski definition) is 9. The number of para-hydroxylation sites is 1. The van der Waals surface area contributed by atoms with Crippen LogP contribution in [0.3, 0.4) is 0 Å². The average Bonchev–Trinajstić information content (AvgIpc) is 3.77. The average molecular weight is 1030 g/mol. The number of carbonyl (C=O) groups excluding carboxylic acids is 4. The van der Waals surface area contributed by atoms with Gasteiger partial charge in [-0.05, 0) is 43.2 Å². The largest absolute Gasteiger partial charge is 0.472 e. The maximum absolute atomic E-state index is 13.3. The number of H-pyrrole nitrogens is 1. The fourth-order valence-electron chi connectivity index (χ4n) is 8.93. The first-order valence-corrected chi connectivity index (χ1v) is 30.2. The minimum absolute atomic E-state index is 0.0126. The number of amides is 3. The van der Waals surface area contributed by atoms with E-state index in [9.17, 15) is 28.6 Å². The summed E-state index contributed by atoms with van der Waals surface area (Å²) in [5.41, 5.74) is 1.75. The van der Waals surface area contributed by atoms with Crippen LogP contribution in [-0.2, 0) is 48.7 Å². The zero-order valence-electron chi connectivity index (χ0n) is 45.7. The second-order valence-electron chi connectivity index (χ2n) is 20.2. The summed E-state index contributed by atoms with van der Waals surface area (Å²) >= 11 is 0. The van der Waals surface area contributed by atoms with Gasteiger partial charge < -0.3 is 35.3 Å². The van der Waals surface area contributed by atoms with Crippen LogP contribution in [0.4, 0.5) is 0 Å². The summed E-state index contributed by atoms with van der Waals surface area (Å²) in [6, 6.07) is 6.13. The Morgan fingerprint density at radius 1 is 0.639 bits per heavy atom. The molecular formula is C57H101N4O10P. The molecule has 0 spiro atoms. The minimum Gasteiger partial charge on any atom is -0.462 e. The van der Waals surface area contributed by atoms with Gasteiger partial charge in [0.25, 0.3) is 0 Å². The molecule has 0 saturated carbocycles. The molecule has 414 valence electrons. The summed E-state index contributed by atoms with van der Waals surface area (Å²) in [6.07, 6.45) is 33.2. The third kappa shape index (κ3) is 32.1. The predicted octanol–water partition coefficient (Wildman–Crippen LogP) is 13.3. The number of fused-ring (bicyclic) bond motifs is 1. The predicted molar refractivity (Wildman–Crippen MR) is 292 cm³/mol. The lowest BCUT2D eigenvalue weighted by molar-refractivity contribution is -0.150. The Morgan fingerprint density at radius 2 is 1.19 bits per heavy atom. The molecule has 2 aromatic rings. The zero-order valence-corrected chi connectivity index (χ0v) is 46.6. The van der Waals surface area contributed by atoms with Gasteiger partial charge in [-0.25, -0.2) is 4.57 Å². The molecule has 1 heterocycles. The molecule has 1 aromatic carbocycles. The van der Waals surface area contributed by atoms with Crippen molar-refractivity contribution in [3.05, 3.63) is 36.0 Å². The number of unbranched alkanes of at least 4 members (excludes halogenated alkanes) is 22. The highest BCUT2D eigenvalue weighted by molar-refractivity contribution is 7.47. The van der Waals surface area contributed by atoms with Crippen molar-refractivity contribution in [2.24, 2.45) is 5.92 Å². The third-order valence-electron chi connectivity index (χ3n) is 13.6. The Labute approximate surface area is 435 Å². The first-order valence-electron chi connectivity index (χ1n) is 28.7. The summed E-state index contributed by atoms with van der Waals surface area (Å²) in [7, 11) is -4.62. The monoisotopic (exact) mass is 1030 g/mol. The van der Waals surface area contributed by atoms with Crippen molar-refractivity contribution in [3.8, 4) is 0 Å². The van der Waals surface area contributed by atoms with Crippen LogP contribution in [0, 0.1) is 5.92 Å². The second kappa shape index (κ2) is 42.0. The molecule has 1 unspecified atom stereocenters. The molecule has 15 heteroatoms. The Hall–Kier alpha value is -3.29. The van der Waals surface area contributed by atoms with Gasteiger partial charge in [0.1, 0.15) is 12.1 Å². The Balaban J connectivity index is 1.92. The number of esters is 1. The first-order chi connectivity index (χ1) is 34.9. The van der Waals surface area contributed by atoms with Crippen molar-refractivity contribution in [2.45, 2.75) is 252 Å². The molecule has 0 radical (unpaired) electrons. The van der Waals surface area contributed by atoms with Crippen LogP contribution in [0.25, 0.3) is 10.9 Å². The van der Waals surface area contributed by atoms with Gasteiger partial charge in [-0.3, -0.25) is 28.2 Å². The van der Waals surface area contributed by atoms with Gasteiger partial charge in [-0.15, -0.1) is 0 Å². The molecule has 72 heavy (non-hydrogen) atoms. The smallest absolute Gasteiger partial charge is 0.462 e.